The molecule has 0 radical (unpaired) electrons. The number of hydrogen-bond donors (Lipinski definition) is 1. The molecule has 0 aromatic heterocycles. The molecule has 1 unspecified atom stereocenters. The van der Waals surface area contributed by atoms with Crippen LogP contribution in [0.4, 0.5) is 0 Å². The van der Waals surface area contributed by atoms with E-state index in [0.29, 0.717) is 12.5 Å². The maximum absolute atomic E-state index is 9.53. The molecule has 5 nitrogen and oxygen atoms in total. The Balaban J connectivity index is 1.52. The number of ether oxygens (including phenoxy) is 4. The lowest BCUT2D eigenvalue weighted by Gasteiger charge is -2.41. The van der Waals surface area contributed by atoms with Crippen LogP contribution >= 0.6 is 0 Å². The third kappa shape index (κ3) is 2.20. The molecule has 1 N–H and O–H groups in total. The summed E-state index contributed by atoms with van der Waals surface area (Å²) in [5.41, 5.74) is 1.02. The summed E-state index contributed by atoms with van der Waals surface area (Å²) in [6.45, 7) is 0.646. The fourth-order valence-corrected chi connectivity index (χ4v) is 3.78. The van der Waals surface area contributed by atoms with Crippen molar-refractivity contribution in [3.63, 3.8) is 0 Å². The molecule has 7 atom stereocenters. The van der Waals surface area contributed by atoms with Gasteiger partial charge in [0.2, 0.25) is 0 Å². The van der Waals surface area contributed by atoms with E-state index in [0.717, 1.165) is 5.56 Å². The van der Waals surface area contributed by atoms with Gasteiger partial charge in [-0.25, -0.2) is 0 Å². The number of methoxy groups -OCH3 is 1. The molecule has 0 amide bonds. The molecule has 3 fully saturated rings. The number of hydrogen-bond acceptors (Lipinski definition) is 5. The van der Waals surface area contributed by atoms with Crippen molar-refractivity contribution in [3.05, 3.63) is 35.9 Å². The summed E-state index contributed by atoms with van der Waals surface area (Å²) in [6, 6.07) is 9.92. The molecule has 0 bridgehead atoms. The van der Waals surface area contributed by atoms with Gasteiger partial charge < -0.3 is 24.1 Å². The summed E-state index contributed by atoms with van der Waals surface area (Å²) in [4.78, 5) is 0. The molecule has 21 heavy (non-hydrogen) atoms. The van der Waals surface area contributed by atoms with Crippen molar-refractivity contribution in [3.8, 4) is 0 Å². The molecule has 114 valence electrons. The fraction of sp³-hybridized carbons (Fsp3) is 0.625. The van der Waals surface area contributed by atoms with Gasteiger partial charge in [-0.3, -0.25) is 0 Å². The van der Waals surface area contributed by atoms with Gasteiger partial charge in [0.15, 0.2) is 12.6 Å². The molecule has 0 spiro atoms. The van der Waals surface area contributed by atoms with Crippen molar-refractivity contribution in [2.45, 2.75) is 24.8 Å². The Morgan fingerprint density at radius 2 is 2.00 bits per heavy atom. The van der Waals surface area contributed by atoms with Crippen LogP contribution in [0.5, 0.6) is 0 Å². The van der Waals surface area contributed by atoms with E-state index in [9.17, 15) is 5.11 Å². The topological polar surface area (TPSA) is 57.2 Å². The number of rotatable bonds is 3. The second-order valence-corrected chi connectivity index (χ2v) is 5.96. The largest absolute Gasteiger partial charge is 0.396 e. The zero-order chi connectivity index (χ0) is 14.4. The minimum absolute atomic E-state index is 0.0301. The maximum Gasteiger partial charge on any atom is 0.184 e. The fourth-order valence-electron chi connectivity index (χ4n) is 3.78. The van der Waals surface area contributed by atoms with Crippen LogP contribution in [0.1, 0.15) is 11.9 Å². The number of aliphatic hydroxyl groups is 1. The summed E-state index contributed by atoms with van der Waals surface area (Å²) in [7, 11) is 1.64. The highest BCUT2D eigenvalue weighted by Crippen LogP contribution is 2.57. The van der Waals surface area contributed by atoms with E-state index in [2.05, 4.69) is 0 Å². The van der Waals surface area contributed by atoms with Crippen LogP contribution in [0, 0.1) is 17.8 Å². The Morgan fingerprint density at radius 3 is 2.71 bits per heavy atom. The summed E-state index contributed by atoms with van der Waals surface area (Å²) in [6.07, 6.45) is -0.755. The van der Waals surface area contributed by atoms with Crippen LogP contribution < -0.4 is 0 Å². The summed E-state index contributed by atoms with van der Waals surface area (Å²) >= 11 is 0. The predicted molar refractivity (Wildman–Crippen MR) is 73.2 cm³/mol. The SMILES string of the molecule is COC1O[C@H]2CO[C@@H](c3ccccc3)O[C@@H]2[C@H]2[C@H](CO)[C@@H]12. The highest BCUT2D eigenvalue weighted by molar-refractivity contribution is 5.17. The molecule has 4 rings (SSSR count). The van der Waals surface area contributed by atoms with Gasteiger partial charge >= 0.3 is 0 Å². The van der Waals surface area contributed by atoms with E-state index in [1.807, 2.05) is 30.3 Å². The van der Waals surface area contributed by atoms with Crippen molar-refractivity contribution in [1.29, 1.82) is 0 Å². The van der Waals surface area contributed by atoms with Crippen LogP contribution in [0.3, 0.4) is 0 Å². The zero-order valence-electron chi connectivity index (χ0n) is 11.9. The molecule has 2 heterocycles. The van der Waals surface area contributed by atoms with Crippen LogP contribution in [0.25, 0.3) is 0 Å². The first-order chi connectivity index (χ1) is 10.3. The monoisotopic (exact) mass is 292 g/mol. The van der Waals surface area contributed by atoms with Crippen LogP contribution in [0.2, 0.25) is 0 Å². The quantitative estimate of drug-likeness (QED) is 0.911. The molecule has 2 saturated heterocycles. The highest BCUT2D eigenvalue weighted by atomic mass is 16.7. The zero-order valence-corrected chi connectivity index (χ0v) is 11.9. The van der Waals surface area contributed by atoms with Gasteiger partial charge in [0.25, 0.3) is 0 Å². The minimum Gasteiger partial charge on any atom is -0.396 e. The highest BCUT2D eigenvalue weighted by Gasteiger charge is 2.65. The minimum atomic E-state index is -0.351. The van der Waals surface area contributed by atoms with Crippen molar-refractivity contribution in [2.75, 3.05) is 20.3 Å². The van der Waals surface area contributed by atoms with Crippen LogP contribution in [-0.2, 0) is 18.9 Å². The van der Waals surface area contributed by atoms with Gasteiger partial charge in [-0.2, -0.15) is 0 Å². The Hall–Kier alpha value is -0.980. The van der Waals surface area contributed by atoms with Gasteiger partial charge in [-0.05, 0) is 5.92 Å². The van der Waals surface area contributed by atoms with Crippen LogP contribution in [0.15, 0.2) is 30.3 Å². The van der Waals surface area contributed by atoms with E-state index in [-0.39, 0.29) is 43.2 Å². The van der Waals surface area contributed by atoms with Crippen molar-refractivity contribution in [1.82, 2.24) is 0 Å². The average molecular weight is 292 g/mol. The van der Waals surface area contributed by atoms with Crippen molar-refractivity contribution in [2.24, 2.45) is 17.8 Å². The molecule has 5 heteroatoms. The average Bonchev–Trinajstić information content (AvgIpc) is 3.29. The second-order valence-electron chi connectivity index (χ2n) is 5.96. The molecular weight excluding hydrogens is 272 g/mol. The lowest BCUT2D eigenvalue weighted by Crippen LogP contribution is -2.49. The standard InChI is InChI=1S/C16H20O5/c1-18-16-13-10(7-17)12(13)14-11(20-16)8-19-15(21-14)9-5-3-2-4-6-9/h2-6,10-17H,7-8H2,1H3/t10-,11-,12-,13+,14-,15+,16?/m0/s1. The number of aliphatic hydroxyl groups excluding tert-OH is 1. The number of benzene rings is 1. The van der Waals surface area contributed by atoms with Gasteiger partial charge in [-0.15, -0.1) is 0 Å². The normalized spacial score (nSPS) is 44.8. The summed E-state index contributed by atoms with van der Waals surface area (Å²) in [5.74, 6) is 0.740. The Labute approximate surface area is 123 Å². The molecule has 1 saturated carbocycles. The number of fused-ring (bicyclic) bond motifs is 3. The van der Waals surface area contributed by atoms with Gasteiger partial charge in [0.1, 0.15) is 6.10 Å². The first kappa shape index (κ1) is 13.7. The van der Waals surface area contributed by atoms with E-state index in [4.69, 9.17) is 18.9 Å². The first-order valence-corrected chi connectivity index (χ1v) is 7.44. The lowest BCUT2D eigenvalue weighted by molar-refractivity contribution is -0.316. The summed E-state index contributed by atoms with van der Waals surface area (Å²) < 4.78 is 23.3. The maximum atomic E-state index is 9.53. The molecule has 1 aromatic carbocycles. The molecule has 3 aliphatic rings. The molecule has 1 aliphatic carbocycles. The molecular formula is C16H20O5. The van der Waals surface area contributed by atoms with Crippen molar-refractivity contribution >= 4 is 0 Å². The van der Waals surface area contributed by atoms with E-state index < -0.39 is 0 Å². The van der Waals surface area contributed by atoms with E-state index in [1.165, 1.54) is 0 Å². The molecule has 1 aromatic rings. The third-order valence-electron chi connectivity index (χ3n) is 4.87. The Morgan fingerprint density at radius 1 is 1.19 bits per heavy atom. The van der Waals surface area contributed by atoms with Crippen LogP contribution in [-0.4, -0.2) is 43.9 Å². The van der Waals surface area contributed by atoms with Crippen molar-refractivity contribution < 1.29 is 24.1 Å². The van der Waals surface area contributed by atoms with E-state index in [1.54, 1.807) is 7.11 Å². The van der Waals surface area contributed by atoms with Gasteiger partial charge in [0, 0.05) is 31.1 Å². The van der Waals surface area contributed by atoms with Gasteiger partial charge in [-0.1, -0.05) is 30.3 Å². The van der Waals surface area contributed by atoms with E-state index >= 15 is 0 Å². The second kappa shape index (κ2) is 5.34. The predicted octanol–water partition coefficient (Wildman–Crippen LogP) is 1.33. The third-order valence-corrected chi connectivity index (χ3v) is 4.87. The Kier molecular flexibility index (Phi) is 3.47. The lowest BCUT2D eigenvalue weighted by atomic mass is 10.0. The molecule has 2 aliphatic heterocycles. The smallest absolute Gasteiger partial charge is 0.184 e. The first-order valence-electron chi connectivity index (χ1n) is 7.44. The Bertz CT molecular complexity index is 493. The summed E-state index contributed by atoms with van der Waals surface area (Å²) in [5, 5.41) is 9.53. The van der Waals surface area contributed by atoms with Gasteiger partial charge in [0.05, 0.1) is 12.7 Å².